The molecule has 14 heavy (non-hydrogen) atoms. The lowest BCUT2D eigenvalue weighted by molar-refractivity contribution is -0.139. The van der Waals surface area contributed by atoms with E-state index in [-0.39, 0.29) is 11.4 Å². The molecular formula is C12H22O2. The first-order valence-corrected chi connectivity index (χ1v) is 5.17. The van der Waals surface area contributed by atoms with Crippen LogP contribution in [0.2, 0.25) is 0 Å². The number of rotatable bonds is 5. The van der Waals surface area contributed by atoms with Crippen LogP contribution in [0.5, 0.6) is 0 Å². The first-order chi connectivity index (χ1) is 6.31. The number of hydrogen-bond acceptors (Lipinski definition) is 2. The van der Waals surface area contributed by atoms with Crippen LogP contribution in [0.4, 0.5) is 0 Å². The van der Waals surface area contributed by atoms with E-state index in [0.29, 0.717) is 18.1 Å². The zero-order valence-electron chi connectivity index (χ0n) is 10.0. The van der Waals surface area contributed by atoms with Crippen molar-refractivity contribution in [1.29, 1.82) is 0 Å². The Morgan fingerprint density at radius 3 is 2.29 bits per heavy atom. The third kappa shape index (κ3) is 3.95. The van der Waals surface area contributed by atoms with E-state index >= 15 is 0 Å². The van der Waals surface area contributed by atoms with Crippen LogP contribution < -0.4 is 0 Å². The zero-order valence-corrected chi connectivity index (χ0v) is 10.0. The van der Waals surface area contributed by atoms with E-state index in [4.69, 9.17) is 4.74 Å². The lowest BCUT2D eigenvalue weighted by Gasteiger charge is -2.27. The Morgan fingerprint density at radius 2 is 1.93 bits per heavy atom. The Hall–Kier alpha value is -0.790. The van der Waals surface area contributed by atoms with Crippen molar-refractivity contribution in [1.82, 2.24) is 0 Å². The molecule has 0 N–H and O–H groups in total. The van der Waals surface area contributed by atoms with Crippen LogP contribution in [-0.4, -0.2) is 12.6 Å². The van der Waals surface area contributed by atoms with E-state index in [9.17, 15) is 4.79 Å². The van der Waals surface area contributed by atoms with E-state index in [2.05, 4.69) is 20.4 Å². The molecule has 82 valence electrons. The molecule has 2 nitrogen and oxygen atoms in total. The highest BCUT2D eigenvalue weighted by Crippen LogP contribution is 2.33. The molecule has 0 spiro atoms. The minimum Gasteiger partial charge on any atom is -0.463 e. The molecule has 0 aliphatic rings. The largest absolute Gasteiger partial charge is 0.463 e. The molecule has 0 heterocycles. The van der Waals surface area contributed by atoms with Crippen LogP contribution in [0.1, 0.15) is 41.0 Å². The number of carbonyl (C=O) groups is 1. The van der Waals surface area contributed by atoms with E-state index < -0.39 is 0 Å². The van der Waals surface area contributed by atoms with E-state index in [0.717, 1.165) is 6.42 Å². The molecule has 0 atom stereocenters. The average molecular weight is 198 g/mol. The fourth-order valence-corrected chi connectivity index (χ4v) is 1.64. The van der Waals surface area contributed by atoms with Crippen molar-refractivity contribution < 1.29 is 9.53 Å². The second-order valence-corrected chi connectivity index (χ2v) is 4.68. The molecule has 0 radical (unpaired) electrons. The highest BCUT2D eigenvalue weighted by Gasteiger charge is 2.28. The van der Waals surface area contributed by atoms with Crippen LogP contribution in [0.15, 0.2) is 12.2 Å². The van der Waals surface area contributed by atoms with Gasteiger partial charge in [0.05, 0.1) is 6.61 Å². The maximum absolute atomic E-state index is 11.4. The Morgan fingerprint density at radius 1 is 1.43 bits per heavy atom. The Kier molecular flexibility index (Phi) is 4.89. The van der Waals surface area contributed by atoms with Gasteiger partial charge in [-0.2, -0.15) is 0 Å². The van der Waals surface area contributed by atoms with Crippen LogP contribution in [0, 0.1) is 11.3 Å². The second kappa shape index (κ2) is 5.18. The second-order valence-electron chi connectivity index (χ2n) is 4.68. The molecular weight excluding hydrogens is 176 g/mol. The fraction of sp³-hybridized carbons (Fsp3) is 0.750. The summed E-state index contributed by atoms with van der Waals surface area (Å²) in [5.74, 6) is 0.286. The molecule has 0 aromatic carbocycles. The van der Waals surface area contributed by atoms with Gasteiger partial charge in [0.25, 0.3) is 0 Å². The highest BCUT2D eigenvalue weighted by atomic mass is 16.5. The molecule has 0 saturated heterocycles. The van der Waals surface area contributed by atoms with Gasteiger partial charge in [-0.15, -0.1) is 0 Å². The summed E-state index contributed by atoms with van der Waals surface area (Å²) in [7, 11) is 0. The van der Waals surface area contributed by atoms with Gasteiger partial charge in [-0.1, -0.05) is 34.3 Å². The number of esters is 1. The topological polar surface area (TPSA) is 26.3 Å². The van der Waals surface area contributed by atoms with E-state index in [1.807, 2.05) is 13.8 Å². The van der Waals surface area contributed by atoms with Crippen molar-refractivity contribution in [3.05, 3.63) is 12.2 Å². The van der Waals surface area contributed by atoms with Crippen molar-refractivity contribution in [2.24, 2.45) is 11.3 Å². The van der Waals surface area contributed by atoms with Gasteiger partial charge in [-0.05, 0) is 24.7 Å². The molecule has 0 aliphatic heterocycles. The van der Waals surface area contributed by atoms with Crippen LogP contribution in [0.25, 0.3) is 0 Å². The summed E-state index contributed by atoms with van der Waals surface area (Å²) < 4.78 is 4.93. The van der Waals surface area contributed by atoms with Gasteiger partial charge in [-0.25, -0.2) is 4.79 Å². The molecule has 0 aromatic rings. The summed E-state index contributed by atoms with van der Waals surface area (Å²) in [4.78, 5) is 11.4. The quantitative estimate of drug-likeness (QED) is 0.501. The van der Waals surface area contributed by atoms with Crippen molar-refractivity contribution in [3.8, 4) is 0 Å². The fourth-order valence-electron chi connectivity index (χ4n) is 1.64. The first kappa shape index (κ1) is 13.2. The monoisotopic (exact) mass is 198 g/mol. The van der Waals surface area contributed by atoms with Crippen molar-refractivity contribution in [3.63, 3.8) is 0 Å². The third-order valence-electron chi connectivity index (χ3n) is 2.26. The van der Waals surface area contributed by atoms with Gasteiger partial charge in [0.1, 0.15) is 0 Å². The van der Waals surface area contributed by atoms with Crippen molar-refractivity contribution in [2.45, 2.75) is 41.0 Å². The Bertz CT molecular complexity index is 214. The Balaban J connectivity index is 4.41. The first-order valence-electron chi connectivity index (χ1n) is 5.17. The van der Waals surface area contributed by atoms with Gasteiger partial charge in [0, 0.05) is 5.57 Å². The van der Waals surface area contributed by atoms with Crippen LogP contribution in [0.3, 0.4) is 0 Å². The van der Waals surface area contributed by atoms with E-state index in [1.54, 1.807) is 6.92 Å². The minimum atomic E-state index is -0.266. The predicted octanol–water partition coefficient (Wildman–Crippen LogP) is 3.18. The molecule has 0 saturated carbocycles. The van der Waals surface area contributed by atoms with Gasteiger partial charge in [0.2, 0.25) is 0 Å². The normalized spacial score (nSPS) is 11.6. The van der Waals surface area contributed by atoms with Crippen LogP contribution in [-0.2, 0) is 9.53 Å². The third-order valence-corrected chi connectivity index (χ3v) is 2.26. The summed E-state index contributed by atoms with van der Waals surface area (Å²) >= 11 is 0. The zero-order chi connectivity index (χ0) is 11.4. The summed E-state index contributed by atoms with van der Waals surface area (Å²) in [6.07, 6.45) is 0.949. The molecule has 0 unspecified atom stereocenters. The summed E-state index contributed by atoms with van der Waals surface area (Å²) in [6.45, 7) is 14.4. The Labute approximate surface area is 87.3 Å². The molecule has 0 rings (SSSR count). The standard InChI is InChI=1S/C12H22O2/c1-7-14-11(13)10(4)12(5,6)8-9(2)3/h9H,4,7-8H2,1-3,5-6H3. The number of hydrogen-bond donors (Lipinski definition) is 0. The summed E-state index contributed by atoms with van der Waals surface area (Å²) in [5.41, 5.74) is 0.411. The lowest BCUT2D eigenvalue weighted by Crippen LogP contribution is -2.24. The number of carbonyl (C=O) groups excluding carboxylic acids is 1. The molecule has 0 aromatic heterocycles. The predicted molar refractivity (Wildman–Crippen MR) is 59.0 cm³/mol. The van der Waals surface area contributed by atoms with Crippen LogP contribution >= 0.6 is 0 Å². The smallest absolute Gasteiger partial charge is 0.333 e. The van der Waals surface area contributed by atoms with Gasteiger partial charge in [0.15, 0.2) is 0 Å². The van der Waals surface area contributed by atoms with E-state index in [1.165, 1.54) is 0 Å². The van der Waals surface area contributed by atoms with Gasteiger partial charge >= 0.3 is 5.97 Å². The maximum Gasteiger partial charge on any atom is 0.333 e. The summed E-state index contributed by atoms with van der Waals surface area (Å²) in [6, 6.07) is 0. The molecule has 0 bridgehead atoms. The molecule has 2 heteroatoms. The maximum atomic E-state index is 11.4. The van der Waals surface area contributed by atoms with Crippen molar-refractivity contribution in [2.75, 3.05) is 6.61 Å². The molecule has 0 fully saturated rings. The van der Waals surface area contributed by atoms with Crippen molar-refractivity contribution >= 4 is 5.97 Å². The average Bonchev–Trinajstić information content (AvgIpc) is 2.01. The van der Waals surface area contributed by atoms with Gasteiger partial charge < -0.3 is 4.74 Å². The molecule has 0 aliphatic carbocycles. The lowest BCUT2D eigenvalue weighted by atomic mass is 9.78. The minimum absolute atomic E-state index is 0.166. The molecule has 0 amide bonds. The summed E-state index contributed by atoms with van der Waals surface area (Å²) in [5, 5.41) is 0. The SMILES string of the molecule is C=C(C(=O)OCC)C(C)(C)CC(C)C. The highest BCUT2D eigenvalue weighted by molar-refractivity contribution is 5.89. The number of ether oxygens (including phenoxy) is 1. The van der Waals surface area contributed by atoms with Gasteiger partial charge in [-0.3, -0.25) is 0 Å².